The van der Waals surface area contributed by atoms with Crippen molar-refractivity contribution >= 4 is 27.5 Å². The van der Waals surface area contributed by atoms with Crippen LogP contribution in [-0.2, 0) is 14.8 Å². The zero-order valence-electron chi connectivity index (χ0n) is 15.5. The van der Waals surface area contributed by atoms with Crippen LogP contribution in [0.25, 0.3) is 0 Å². The fourth-order valence-electron chi connectivity index (χ4n) is 2.53. The van der Waals surface area contributed by atoms with Crippen LogP contribution >= 0.6 is 0 Å². The summed E-state index contributed by atoms with van der Waals surface area (Å²) in [5.41, 5.74) is 1.61. The number of carbonyl (C=O) groups excluding carboxylic acids is 2. The van der Waals surface area contributed by atoms with Crippen molar-refractivity contribution in [1.82, 2.24) is 4.90 Å². The smallest absolute Gasteiger partial charge is 0.254 e. The zero-order chi connectivity index (χ0) is 20.2. The maximum absolute atomic E-state index is 12.8. The molecule has 3 N–H and O–H groups in total. The van der Waals surface area contributed by atoms with E-state index < -0.39 is 10.0 Å². The average molecular weight is 389 g/mol. The van der Waals surface area contributed by atoms with Gasteiger partial charge in [-0.15, -0.1) is 0 Å². The molecule has 0 heterocycles. The van der Waals surface area contributed by atoms with Crippen LogP contribution in [0.15, 0.2) is 53.4 Å². The van der Waals surface area contributed by atoms with Gasteiger partial charge in [-0.05, 0) is 42.8 Å². The number of benzene rings is 2. The highest BCUT2D eigenvalue weighted by Crippen LogP contribution is 2.23. The van der Waals surface area contributed by atoms with E-state index in [1.165, 1.54) is 17.0 Å². The van der Waals surface area contributed by atoms with Crippen molar-refractivity contribution in [2.75, 3.05) is 12.4 Å². The molecule has 0 saturated heterocycles. The Kier molecular flexibility index (Phi) is 6.35. The van der Waals surface area contributed by atoms with Gasteiger partial charge < -0.3 is 10.2 Å². The van der Waals surface area contributed by atoms with E-state index in [2.05, 4.69) is 5.32 Å². The van der Waals surface area contributed by atoms with Gasteiger partial charge >= 0.3 is 0 Å². The molecule has 0 unspecified atom stereocenters. The van der Waals surface area contributed by atoms with Crippen LogP contribution in [0.1, 0.15) is 42.2 Å². The van der Waals surface area contributed by atoms with Crippen LogP contribution in [0.2, 0.25) is 0 Å². The minimum absolute atomic E-state index is 0.00280. The molecular formula is C19H23N3O4S. The highest BCUT2D eigenvalue weighted by atomic mass is 32.2. The van der Waals surface area contributed by atoms with Crippen molar-refractivity contribution in [3.63, 3.8) is 0 Å². The lowest BCUT2D eigenvalue weighted by Gasteiger charge is -2.26. The number of carbonyl (C=O) groups is 2. The second kappa shape index (κ2) is 8.32. The van der Waals surface area contributed by atoms with Crippen LogP contribution < -0.4 is 10.5 Å². The Hall–Kier alpha value is -2.71. The largest absolute Gasteiger partial charge is 0.335 e. The van der Waals surface area contributed by atoms with Crippen LogP contribution in [0.4, 0.5) is 5.69 Å². The topological polar surface area (TPSA) is 110 Å². The summed E-state index contributed by atoms with van der Waals surface area (Å²) in [5.74, 6) is -0.391. The van der Waals surface area contributed by atoms with Gasteiger partial charge in [0.05, 0.1) is 10.9 Å². The van der Waals surface area contributed by atoms with Crippen molar-refractivity contribution in [2.45, 2.75) is 31.2 Å². The number of rotatable bonds is 6. The van der Waals surface area contributed by atoms with Crippen molar-refractivity contribution in [3.8, 4) is 0 Å². The zero-order valence-corrected chi connectivity index (χ0v) is 16.3. The minimum Gasteiger partial charge on any atom is -0.335 e. The number of amides is 2. The molecular weight excluding hydrogens is 366 g/mol. The van der Waals surface area contributed by atoms with Gasteiger partial charge in [0.25, 0.3) is 5.91 Å². The van der Waals surface area contributed by atoms with Gasteiger partial charge in [-0.25, -0.2) is 13.6 Å². The van der Waals surface area contributed by atoms with E-state index in [0.717, 1.165) is 0 Å². The summed E-state index contributed by atoms with van der Waals surface area (Å²) < 4.78 is 23.1. The molecule has 0 aliphatic rings. The van der Waals surface area contributed by atoms with Gasteiger partial charge in [0.1, 0.15) is 0 Å². The number of nitrogens with two attached hydrogens (primary N) is 1. The van der Waals surface area contributed by atoms with Crippen molar-refractivity contribution in [3.05, 3.63) is 59.7 Å². The molecule has 0 aromatic heterocycles. The van der Waals surface area contributed by atoms with Crippen LogP contribution in [0, 0.1) is 0 Å². The highest BCUT2D eigenvalue weighted by molar-refractivity contribution is 7.89. The van der Waals surface area contributed by atoms with Gasteiger partial charge in [0.15, 0.2) is 0 Å². The maximum Gasteiger partial charge on any atom is 0.254 e. The van der Waals surface area contributed by atoms with E-state index in [0.29, 0.717) is 23.2 Å². The Bertz CT molecular complexity index is 957. The summed E-state index contributed by atoms with van der Waals surface area (Å²) in [5, 5.41) is 7.90. The molecule has 0 radical (unpaired) electrons. The lowest BCUT2D eigenvalue weighted by Crippen LogP contribution is -2.30. The first-order valence-electron chi connectivity index (χ1n) is 8.43. The maximum atomic E-state index is 12.8. The summed E-state index contributed by atoms with van der Waals surface area (Å²) in [7, 11) is -2.19. The van der Waals surface area contributed by atoms with Crippen LogP contribution in [-0.4, -0.2) is 32.2 Å². The number of sulfonamides is 1. The first-order chi connectivity index (χ1) is 12.6. The molecule has 0 aliphatic heterocycles. The average Bonchev–Trinajstić information content (AvgIpc) is 2.65. The van der Waals surface area contributed by atoms with E-state index in [1.54, 1.807) is 57.3 Å². The van der Waals surface area contributed by atoms with Crippen molar-refractivity contribution < 1.29 is 18.0 Å². The Labute approximate surface area is 159 Å². The summed E-state index contributed by atoms with van der Waals surface area (Å²) in [4.78, 5) is 25.9. The molecule has 0 saturated carbocycles. The first kappa shape index (κ1) is 20.6. The lowest BCUT2D eigenvalue weighted by atomic mass is 10.1. The van der Waals surface area contributed by atoms with Gasteiger partial charge in [0, 0.05) is 24.7 Å². The molecule has 27 heavy (non-hydrogen) atoms. The third-order valence-electron chi connectivity index (χ3n) is 4.28. The number of hydrogen-bond acceptors (Lipinski definition) is 4. The number of hydrogen-bond donors (Lipinski definition) is 2. The highest BCUT2D eigenvalue weighted by Gasteiger charge is 2.20. The SMILES string of the molecule is CCC(=O)Nc1cccc(C(=O)N(C)[C@H](C)c2cccc(S(N)(=O)=O)c2)c1. The predicted octanol–water partition coefficient (Wildman–Crippen LogP) is 2.52. The molecule has 2 aromatic carbocycles. The Morgan fingerprint density at radius 2 is 1.81 bits per heavy atom. The molecule has 2 aromatic rings. The molecule has 7 nitrogen and oxygen atoms in total. The number of nitrogens with zero attached hydrogens (tertiary/aromatic N) is 1. The molecule has 2 amide bonds. The van der Waals surface area contributed by atoms with Crippen LogP contribution in [0.5, 0.6) is 0 Å². The van der Waals surface area contributed by atoms with E-state index in [4.69, 9.17) is 5.14 Å². The van der Waals surface area contributed by atoms with Gasteiger partial charge in [-0.1, -0.05) is 25.1 Å². The van der Waals surface area contributed by atoms with Crippen molar-refractivity contribution in [2.24, 2.45) is 5.14 Å². The Morgan fingerprint density at radius 1 is 1.15 bits per heavy atom. The minimum atomic E-state index is -3.82. The van der Waals surface area contributed by atoms with Crippen molar-refractivity contribution in [1.29, 1.82) is 0 Å². The fraction of sp³-hybridized carbons (Fsp3) is 0.263. The molecule has 0 spiro atoms. The molecule has 8 heteroatoms. The number of nitrogens with one attached hydrogen (secondary N) is 1. The fourth-order valence-corrected chi connectivity index (χ4v) is 3.10. The Balaban J connectivity index is 2.24. The standard InChI is InChI=1S/C19H23N3O4S/c1-4-18(23)21-16-9-5-8-15(11-16)19(24)22(3)13(2)14-7-6-10-17(12-14)27(20,25)26/h5-13H,4H2,1-3H3,(H,21,23)(H2,20,25,26)/t13-/m1/s1. The molecule has 2 rings (SSSR count). The number of primary sulfonamides is 1. The summed E-state index contributed by atoms with van der Waals surface area (Å²) in [6, 6.07) is 12.5. The van der Waals surface area contributed by atoms with Crippen LogP contribution in [0.3, 0.4) is 0 Å². The predicted molar refractivity (Wildman–Crippen MR) is 104 cm³/mol. The van der Waals surface area contributed by atoms with Gasteiger partial charge in [-0.3, -0.25) is 9.59 Å². The summed E-state index contributed by atoms with van der Waals surface area (Å²) in [6.07, 6.45) is 0.343. The summed E-state index contributed by atoms with van der Waals surface area (Å²) >= 11 is 0. The molecule has 0 aliphatic carbocycles. The third kappa shape index (κ3) is 5.15. The number of anilines is 1. The molecule has 0 bridgehead atoms. The van der Waals surface area contributed by atoms with E-state index in [-0.39, 0.29) is 22.8 Å². The quantitative estimate of drug-likeness (QED) is 0.791. The van der Waals surface area contributed by atoms with E-state index >= 15 is 0 Å². The molecule has 144 valence electrons. The van der Waals surface area contributed by atoms with Gasteiger partial charge in [-0.2, -0.15) is 0 Å². The first-order valence-corrected chi connectivity index (χ1v) is 9.98. The Morgan fingerprint density at radius 3 is 2.44 bits per heavy atom. The van der Waals surface area contributed by atoms with E-state index in [9.17, 15) is 18.0 Å². The second-order valence-electron chi connectivity index (χ2n) is 6.19. The summed E-state index contributed by atoms with van der Waals surface area (Å²) in [6.45, 7) is 3.54. The lowest BCUT2D eigenvalue weighted by molar-refractivity contribution is -0.115. The second-order valence-corrected chi connectivity index (χ2v) is 7.75. The normalized spacial score (nSPS) is 12.3. The molecule has 0 fully saturated rings. The monoisotopic (exact) mass is 389 g/mol. The van der Waals surface area contributed by atoms with Gasteiger partial charge in [0.2, 0.25) is 15.9 Å². The molecule has 1 atom stereocenters. The van der Waals surface area contributed by atoms with E-state index in [1.807, 2.05) is 0 Å². The third-order valence-corrected chi connectivity index (χ3v) is 5.20.